The lowest BCUT2D eigenvalue weighted by Gasteiger charge is -2.04. The van der Waals surface area contributed by atoms with Crippen molar-refractivity contribution in [2.75, 3.05) is 5.43 Å². The van der Waals surface area contributed by atoms with Gasteiger partial charge in [-0.25, -0.2) is 0 Å². The van der Waals surface area contributed by atoms with Gasteiger partial charge in [-0.2, -0.15) is 10.4 Å². The van der Waals surface area contributed by atoms with Crippen LogP contribution in [0.25, 0.3) is 11.3 Å². The number of nitrogens with one attached hydrogen (secondary N) is 2. The van der Waals surface area contributed by atoms with Crippen LogP contribution in [0.5, 0.6) is 0 Å². The minimum absolute atomic E-state index is 0.153. The van der Waals surface area contributed by atoms with Crippen LogP contribution >= 0.6 is 0 Å². The molecule has 6 heteroatoms. The number of pyridine rings is 1. The van der Waals surface area contributed by atoms with Crippen molar-refractivity contribution in [2.24, 2.45) is 10.8 Å². The van der Waals surface area contributed by atoms with Gasteiger partial charge in [0.05, 0.1) is 11.4 Å². The average Bonchev–Trinajstić information content (AvgIpc) is 2.49. The Bertz CT molecular complexity index is 707. The van der Waals surface area contributed by atoms with Crippen molar-refractivity contribution in [1.29, 1.82) is 10.7 Å². The van der Waals surface area contributed by atoms with E-state index in [1.165, 1.54) is 0 Å². The van der Waals surface area contributed by atoms with E-state index in [0.29, 0.717) is 5.69 Å². The van der Waals surface area contributed by atoms with E-state index in [0.717, 1.165) is 16.8 Å². The second kappa shape index (κ2) is 6.30. The molecule has 0 saturated heterocycles. The van der Waals surface area contributed by atoms with Gasteiger partial charge in [-0.1, -0.05) is 18.2 Å². The fraction of sp³-hybridized carbons (Fsp3) is 0.0667. The van der Waals surface area contributed by atoms with E-state index < -0.39 is 0 Å². The zero-order valence-electron chi connectivity index (χ0n) is 11.5. The van der Waals surface area contributed by atoms with Crippen molar-refractivity contribution in [1.82, 2.24) is 4.98 Å². The molecule has 1 aromatic heterocycles. The Kier molecular flexibility index (Phi) is 4.26. The van der Waals surface area contributed by atoms with E-state index in [2.05, 4.69) is 15.5 Å². The van der Waals surface area contributed by atoms with Gasteiger partial charge in [-0.15, -0.1) is 0 Å². The molecular weight excluding hydrogens is 264 g/mol. The molecule has 0 fully saturated rings. The highest BCUT2D eigenvalue weighted by molar-refractivity contribution is 6.45. The van der Waals surface area contributed by atoms with Gasteiger partial charge < -0.3 is 5.73 Å². The molecule has 0 saturated carbocycles. The molecule has 0 atom stereocenters. The van der Waals surface area contributed by atoms with Gasteiger partial charge >= 0.3 is 0 Å². The van der Waals surface area contributed by atoms with Gasteiger partial charge in [0.25, 0.3) is 0 Å². The number of nitrogens with zero attached hydrogens (tertiary/aromatic N) is 3. The molecule has 2 rings (SSSR count). The van der Waals surface area contributed by atoms with Crippen molar-refractivity contribution >= 4 is 17.2 Å². The third kappa shape index (κ3) is 3.64. The summed E-state index contributed by atoms with van der Waals surface area (Å²) >= 11 is 0. The molecule has 0 bridgehead atoms. The zero-order chi connectivity index (χ0) is 15.2. The smallest absolute Gasteiger partial charge is 0.201 e. The van der Waals surface area contributed by atoms with Crippen LogP contribution in [0.4, 0.5) is 5.69 Å². The topological polar surface area (TPSA) is 111 Å². The molecule has 0 spiro atoms. The molecule has 0 amide bonds. The number of aromatic nitrogens is 1. The fourth-order valence-corrected chi connectivity index (χ4v) is 1.62. The van der Waals surface area contributed by atoms with E-state index in [1.807, 2.05) is 49.5 Å². The highest BCUT2D eigenvalue weighted by atomic mass is 15.3. The van der Waals surface area contributed by atoms with Crippen molar-refractivity contribution in [3.63, 3.8) is 0 Å². The monoisotopic (exact) mass is 278 g/mol. The quantitative estimate of drug-likeness (QED) is 0.452. The van der Waals surface area contributed by atoms with Crippen molar-refractivity contribution in [2.45, 2.75) is 6.92 Å². The van der Waals surface area contributed by atoms with Gasteiger partial charge in [-0.3, -0.25) is 15.8 Å². The van der Waals surface area contributed by atoms with Gasteiger partial charge in [0.15, 0.2) is 5.84 Å². The first kappa shape index (κ1) is 14.2. The zero-order valence-corrected chi connectivity index (χ0v) is 11.5. The summed E-state index contributed by atoms with van der Waals surface area (Å²) in [4.78, 5) is 4.35. The molecule has 4 N–H and O–H groups in total. The summed E-state index contributed by atoms with van der Waals surface area (Å²) in [5, 5.41) is 19.7. The van der Waals surface area contributed by atoms with Gasteiger partial charge in [-0.05, 0) is 30.7 Å². The highest BCUT2D eigenvalue weighted by Crippen LogP contribution is 2.19. The lowest BCUT2D eigenvalue weighted by Crippen LogP contribution is -2.21. The van der Waals surface area contributed by atoms with Crippen LogP contribution in [0.3, 0.4) is 0 Å². The molecule has 0 aliphatic heterocycles. The van der Waals surface area contributed by atoms with E-state index in [9.17, 15) is 0 Å². The number of hydrogen-bond acceptors (Lipinski definition) is 5. The second-order valence-corrected chi connectivity index (χ2v) is 4.40. The van der Waals surface area contributed by atoms with Crippen LogP contribution in [0, 0.1) is 23.7 Å². The Labute approximate surface area is 122 Å². The molecule has 6 nitrogen and oxygen atoms in total. The summed E-state index contributed by atoms with van der Waals surface area (Å²) in [6.07, 6.45) is 1.82. The first-order valence-electron chi connectivity index (χ1n) is 6.21. The first-order valence-corrected chi connectivity index (χ1v) is 6.21. The predicted octanol–water partition coefficient (Wildman–Crippen LogP) is 2.28. The number of nitriles is 1. The van der Waals surface area contributed by atoms with Crippen LogP contribution in [0.15, 0.2) is 47.7 Å². The first-order chi connectivity index (χ1) is 10.1. The number of aryl methyl sites for hydroxylation is 1. The standard InChI is InChI=1S/C15H14N6/c1-10-2-7-13(19-9-10)11-3-5-12(6-4-11)20-21-14(8-16)15(17)18/h2-7,9,20H,1H3,(H3,17,18)/b21-14+. The van der Waals surface area contributed by atoms with E-state index >= 15 is 0 Å². The van der Waals surface area contributed by atoms with Crippen molar-refractivity contribution in [3.8, 4) is 17.3 Å². The molecule has 0 radical (unpaired) electrons. The summed E-state index contributed by atoms with van der Waals surface area (Å²) in [6.45, 7) is 1.99. The SMILES string of the molecule is Cc1ccc(-c2ccc(N/N=C(\C#N)C(=N)N)cc2)nc1. The summed E-state index contributed by atoms with van der Waals surface area (Å²) in [6, 6.07) is 13.1. The fourth-order valence-electron chi connectivity index (χ4n) is 1.62. The Morgan fingerprint density at radius 2 is 2.00 bits per heavy atom. The molecule has 0 aliphatic carbocycles. The molecule has 21 heavy (non-hydrogen) atoms. The number of anilines is 1. The van der Waals surface area contributed by atoms with Gasteiger partial charge in [0.2, 0.25) is 5.71 Å². The largest absolute Gasteiger partial charge is 0.382 e. The Balaban J connectivity index is 2.14. The molecule has 1 aromatic carbocycles. The van der Waals surface area contributed by atoms with Crippen LogP contribution in [0.2, 0.25) is 0 Å². The molecule has 2 aromatic rings. The van der Waals surface area contributed by atoms with Crippen molar-refractivity contribution < 1.29 is 0 Å². The van der Waals surface area contributed by atoms with Gasteiger partial charge in [0.1, 0.15) is 6.07 Å². The maximum absolute atomic E-state index is 8.74. The number of rotatable bonds is 4. The Hall–Kier alpha value is -3.20. The van der Waals surface area contributed by atoms with E-state index in [4.69, 9.17) is 16.4 Å². The second-order valence-electron chi connectivity index (χ2n) is 4.40. The summed E-state index contributed by atoms with van der Waals surface area (Å²) < 4.78 is 0. The van der Waals surface area contributed by atoms with E-state index in [-0.39, 0.29) is 11.5 Å². The highest BCUT2D eigenvalue weighted by Gasteiger charge is 2.02. The third-order valence-corrected chi connectivity index (χ3v) is 2.75. The summed E-state index contributed by atoms with van der Waals surface area (Å²) in [7, 11) is 0. The molecular formula is C15H14N6. The minimum Gasteiger partial charge on any atom is -0.382 e. The van der Waals surface area contributed by atoms with Gasteiger partial charge in [0, 0.05) is 11.8 Å². The predicted molar refractivity (Wildman–Crippen MR) is 83.0 cm³/mol. The molecule has 0 unspecified atom stereocenters. The number of hydrazone groups is 1. The van der Waals surface area contributed by atoms with Crippen LogP contribution in [-0.2, 0) is 0 Å². The maximum Gasteiger partial charge on any atom is 0.201 e. The summed E-state index contributed by atoms with van der Waals surface area (Å²) in [5.41, 5.74) is 11.4. The Morgan fingerprint density at radius 3 is 2.52 bits per heavy atom. The Morgan fingerprint density at radius 1 is 1.29 bits per heavy atom. The van der Waals surface area contributed by atoms with Crippen LogP contribution in [0.1, 0.15) is 5.56 Å². The lowest BCUT2D eigenvalue weighted by molar-refractivity contribution is 1.27. The number of amidine groups is 1. The number of nitrogens with two attached hydrogens (primary N) is 1. The maximum atomic E-state index is 8.74. The van der Waals surface area contributed by atoms with Crippen LogP contribution < -0.4 is 11.2 Å². The molecule has 0 aliphatic rings. The molecule has 1 heterocycles. The lowest BCUT2D eigenvalue weighted by atomic mass is 10.1. The average molecular weight is 278 g/mol. The van der Waals surface area contributed by atoms with E-state index in [1.54, 1.807) is 6.07 Å². The number of hydrogen-bond donors (Lipinski definition) is 3. The van der Waals surface area contributed by atoms with Crippen LogP contribution in [-0.4, -0.2) is 16.5 Å². The minimum atomic E-state index is -0.370. The summed E-state index contributed by atoms with van der Waals surface area (Å²) in [5.74, 6) is -0.370. The normalized spacial score (nSPS) is 10.8. The van der Waals surface area contributed by atoms with Crippen molar-refractivity contribution in [3.05, 3.63) is 48.2 Å². The number of benzene rings is 1. The third-order valence-electron chi connectivity index (χ3n) is 2.75. The molecule has 104 valence electrons.